The van der Waals surface area contributed by atoms with Crippen molar-refractivity contribution in [1.82, 2.24) is 10.6 Å². The molecule has 2 fully saturated rings. The zero-order valence-corrected chi connectivity index (χ0v) is 18.2. The third-order valence-electron chi connectivity index (χ3n) is 6.14. The lowest BCUT2D eigenvalue weighted by Gasteiger charge is -2.28. The van der Waals surface area contributed by atoms with E-state index in [2.05, 4.69) is 29.7 Å². The summed E-state index contributed by atoms with van der Waals surface area (Å²) in [7, 11) is 0. The van der Waals surface area contributed by atoms with E-state index in [1.54, 1.807) is 0 Å². The number of carbonyl (C=O) groups is 3. The van der Waals surface area contributed by atoms with Crippen LogP contribution in [0.5, 0.6) is 0 Å². The van der Waals surface area contributed by atoms with Crippen LogP contribution in [0, 0.1) is 11.8 Å². The number of fused-ring (bicyclic) bond motifs is 2. The van der Waals surface area contributed by atoms with Crippen LogP contribution in [0.3, 0.4) is 0 Å². The first-order valence-electron chi connectivity index (χ1n) is 11.6. The number of ether oxygens (including phenoxy) is 1. The summed E-state index contributed by atoms with van der Waals surface area (Å²) >= 11 is 0. The van der Waals surface area contributed by atoms with Crippen LogP contribution in [-0.4, -0.2) is 48.2 Å². The van der Waals surface area contributed by atoms with Gasteiger partial charge in [-0.1, -0.05) is 31.9 Å². The van der Waals surface area contributed by atoms with Crippen LogP contribution in [0.25, 0.3) is 0 Å². The highest BCUT2D eigenvalue weighted by molar-refractivity contribution is 5.96. The first-order chi connectivity index (χ1) is 14.5. The van der Waals surface area contributed by atoms with Gasteiger partial charge in [0.25, 0.3) is 0 Å². The van der Waals surface area contributed by atoms with Crippen molar-refractivity contribution in [2.45, 2.75) is 89.8 Å². The minimum absolute atomic E-state index is 0.114. The first-order valence-corrected chi connectivity index (χ1v) is 11.6. The largest absolute Gasteiger partial charge is 0.481 e. The Labute approximate surface area is 180 Å². The zero-order valence-electron chi connectivity index (χ0n) is 18.2. The molecule has 0 spiro atoms. The molecule has 3 N–H and O–H groups in total. The average Bonchev–Trinajstić information content (AvgIpc) is 3.30. The fourth-order valence-electron chi connectivity index (χ4n) is 4.55. The van der Waals surface area contributed by atoms with Crippen molar-refractivity contribution in [3.63, 3.8) is 0 Å². The van der Waals surface area contributed by atoms with Crippen molar-refractivity contribution in [3.05, 3.63) is 12.2 Å². The van der Waals surface area contributed by atoms with Gasteiger partial charge in [0.2, 0.25) is 11.8 Å². The molecule has 2 aliphatic rings. The Balaban J connectivity index is 1.67. The van der Waals surface area contributed by atoms with E-state index in [9.17, 15) is 14.4 Å². The molecule has 0 aromatic heterocycles. The molecule has 2 heterocycles. The Morgan fingerprint density at radius 2 is 1.67 bits per heavy atom. The van der Waals surface area contributed by atoms with Crippen molar-refractivity contribution in [3.8, 4) is 0 Å². The topological polar surface area (TPSA) is 105 Å². The Bertz CT molecular complexity index is 592. The van der Waals surface area contributed by atoms with Gasteiger partial charge in [0.05, 0.1) is 12.2 Å². The summed E-state index contributed by atoms with van der Waals surface area (Å²) in [5.41, 5.74) is 0. The molecule has 7 heteroatoms. The summed E-state index contributed by atoms with van der Waals surface area (Å²) in [6.07, 6.45) is 13.4. The second-order valence-corrected chi connectivity index (χ2v) is 8.49. The van der Waals surface area contributed by atoms with E-state index in [-0.39, 0.29) is 36.9 Å². The Kier molecular flexibility index (Phi) is 10.9. The molecule has 170 valence electrons. The molecule has 0 aromatic rings. The molecule has 0 aliphatic carbocycles. The van der Waals surface area contributed by atoms with Gasteiger partial charge in [-0.25, -0.2) is 0 Å². The predicted molar refractivity (Wildman–Crippen MR) is 115 cm³/mol. The fraction of sp³-hybridized carbons (Fsp3) is 0.783. The van der Waals surface area contributed by atoms with Crippen LogP contribution >= 0.6 is 0 Å². The number of carbonyl (C=O) groups excluding carboxylic acids is 2. The van der Waals surface area contributed by atoms with Gasteiger partial charge in [0.1, 0.15) is 6.42 Å². The molecule has 0 radical (unpaired) electrons. The van der Waals surface area contributed by atoms with Gasteiger partial charge in [-0.3, -0.25) is 14.4 Å². The third-order valence-corrected chi connectivity index (χ3v) is 6.14. The number of unbranched alkanes of at least 4 members (excludes halogenated alkanes) is 3. The Hall–Kier alpha value is -1.89. The summed E-state index contributed by atoms with van der Waals surface area (Å²) in [6, 6.07) is 0. The van der Waals surface area contributed by atoms with Crippen LogP contribution in [-0.2, 0) is 19.1 Å². The molecule has 30 heavy (non-hydrogen) atoms. The van der Waals surface area contributed by atoms with E-state index in [4.69, 9.17) is 9.84 Å². The number of hydrogen-bond donors (Lipinski definition) is 3. The molecule has 2 amide bonds. The number of amides is 2. The lowest BCUT2D eigenvalue weighted by Crippen LogP contribution is -2.39. The normalized spacial score (nSPS) is 25.0. The molecular formula is C23H38N2O5. The monoisotopic (exact) mass is 422 g/mol. The molecule has 2 aliphatic heterocycles. The van der Waals surface area contributed by atoms with Crippen molar-refractivity contribution in [2.24, 2.45) is 11.8 Å². The highest BCUT2D eigenvalue weighted by Crippen LogP contribution is 2.45. The lowest BCUT2D eigenvalue weighted by molar-refractivity contribution is -0.137. The Morgan fingerprint density at radius 3 is 2.40 bits per heavy atom. The lowest BCUT2D eigenvalue weighted by atomic mass is 9.77. The summed E-state index contributed by atoms with van der Waals surface area (Å²) in [6.45, 7) is 3.31. The van der Waals surface area contributed by atoms with Gasteiger partial charge in [-0.05, 0) is 50.9 Å². The molecule has 2 bridgehead atoms. The number of rotatable bonds is 15. The van der Waals surface area contributed by atoms with Crippen LogP contribution < -0.4 is 10.6 Å². The van der Waals surface area contributed by atoms with E-state index in [1.165, 1.54) is 0 Å². The maximum Gasteiger partial charge on any atom is 0.303 e. The molecule has 7 nitrogen and oxygen atoms in total. The Morgan fingerprint density at radius 1 is 0.967 bits per heavy atom. The molecule has 2 saturated heterocycles. The van der Waals surface area contributed by atoms with E-state index in [0.29, 0.717) is 31.3 Å². The van der Waals surface area contributed by atoms with Crippen LogP contribution in [0.2, 0.25) is 0 Å². The summed E-state index contributed by atoms with van der Waals surface area (Å²) in [5.74, 6) is -0.446. The van der Waals surface area contributed by atoms with Gasteiger partial charge < -0.3 is 20.5 Å². The van der Waals surface area contributed by atoms with Gasteiger partial charge >= 0.3 is 5.97 Å². The number of allylic oxidation sites excluding steroid dienone is 2. The summed E-state index contributed by atoms with van der Waals surface area (Å²) < 4.78 is 6.09. The molecule has 0 unspecified atom stereocenters. The van der Waals surface area contributed by atoms with E-state index < -0.39 is 5.97 Å². The number of carboxylic acids is 1. The van der Waals surface area contributed by atoms with Gasteiger partial charge in [0.15, 0.2) is 0 Å². The second kappa shape index (κ2) is 13.4. The van der Waals surface area contributed by atoms with Crippen LogP contribution in [0.4, 0.5) is 0 Å². The van der Waals surface area contributed by atoms with E-state index in [1.807, 2.05) is 0 Å². The standard InChI is InChI=1S/C23H38N2O5/c1-2-3-9-14-24-21(26)15-22(27)25-16-18-17(19-12-13-20(18)30-19)10-7-5-4-6-8-11-23(28)29/h4-5,17-20H,2-3,6-16H2,1H3,(H,24,26)(H,25,27)(H,28,29)/t17-,18+,19-,20+/m0/s1. The van der Waals surface area contributed by atoms with E-state index >= 15 is 0 Å². The van der Waals surface area contributed by atoms with Crippen molar-refractivity contribution < 1.29 is 24.2 Å². The highest BCUT2D eigenvalue weighted by atomic mass is 16.5. The minimum atomic E-state index is -0.749. The molecule has 0 saturated carbocycles. The zero-order chi connectivity index (χ0) is 21.8. The summed E-state index contributed by atoms with van der Waals surface area (Å²) in [4.78, 5) is 34.5. The van der Waals surface area contributed by atoms with Crippen LogP contribution in [0.1, 0.15) is 77.6 Å². The predicted octanol–water partition coefficient (Wildman–Crippen LogP) is 3.18. The van der Waals surface area contributed by atoms with Crippen LogP contribution in [0.15, 0.2) is 12.2 Å². The quantitative estimate of drug-likeness (QED) is 0.214. The number of carboxylic acid groups (broad SMARTS) is 1. The third kappa shape index (κ3) is 8.46. The number of hydrogen-bond acceptors (Lipinski definition) is 4. The van der Waals surface area contributed by atoms with Gasteiger partial charge in [-0.2, -0.15) is 0 Å². The molecular weight excluding hydrogens is 384 g/mol. The van der Waals surface area contributed by atoms with Gasteiger partial charge in [0, 0.05) is 25.4 Å². The van der Waals surface area contributed by atoms with Crippen molar-refractivity contribution >= 4 is 17.8 Å². The van der Waals surface area contributed by atoms with Crippen molar-refractivity contribution in [2.75, 3.05) is 13.1 Å². The first kappa shape index (κ1) is 24.4. The second-order valence-electron chi connectivity index (χ2n) is 8.49. The number of aliphatic carboxylic acids is 1. The highest BCUT2D eigenvalue weighted by Gasteiger charge is 2.48. The van der Waals surface area contributed by atoms with Gasteiger partial charge in [-0.15, -0.1) is 0 Å². The fourth-order valence-corrected chi connectivity index (χ4v) is 4.55. The average molecular weight is 423 g/mol. The minimum Gasteiger partial charge on any atom is -0.481 e. The van der Waals surface area contributed by atoms with Crippen molar-refractivity contribution in [1.29, 1.82) is 0 Å². The SMILES string of the molecule is CCCCCNC(=O)CC(=O)NC[C@@H]1[C@H](CCC=CCCCC(=O)O)[C@@H]2CC[C@H]1O2. The summed E-state index contributed by atoms with van der Waals surface area (Å²) in [5, 5.41) is 14.4. The maximum atomic E-state index is 12.2. The number of nitrogens with one attached hydrogen (secondary N) is 2. The smallest absolute Gasteiger partial charge is 0.303 e. The van der Waals surface area contributed by atoms with E-state index in [0.717, 1.165) is 51.4 Å². The maximum absolute atomic E-state index is 12.2. The molecule has 0 aromatic carbocycles. The molecule has 4 atom stereocenters. The molecule has 2 rings (SSSR count).